The maximum absolute atomic E-state index is 12.1. The molecule has 1 aromatic rings. The molecule has 1 aliphatic heterocycles. The molecule has 5 heteroatoms. The van der Waals surface area contributed by atoms with Crippen LogP contribution in [0.3, 0.4) is 0 Å². The van der Waals surface area contributed by atoms with Gasteiger partial charge in [0, 0.05) is 36.5 Å². The molecular formula is C15H19ClN2O2. The lowest BCUT2D eigenvalue weighted by Gasteiger charge is -2.14. The van der Waals surface area contributed by atoms with Gasteiger partial charge in [-0.3, -0.25) is 4.79 Å². The van der Waals surface area contributed by atoms with Crippen LogP contribution in [0.5, 0.6) is 0 Å². The highest BCUT2D eigenvalue weighted by Gasteiger charge is 2.44. The van der Waals surface area contributed by atoms with Gasteiger partial charge in [-0.2, -0.15) is 0 Å². The smallest absolute Gasteiger partial charge is 0.223 e. The maximum Gasteiger partial charge on any atom is 0.223 e. The molecular weight excluding hydrogens is 276 g/mol. The van der Waals surface area contributed by atoms with Gasteiger partial charge in [0.2, 0.25) is 5.91 Å². The van der Waals surface area contributed by atoms with E-state index in [1.54, 1.807) is 0 Å². The van der Waals surface area contributed by atoms with E-state index in [2.05, 4.69) is 10.6 Å². The zero-order valence-corrected chi connectivity index (χ0v) is 11.9. The first-order valence-corrected chi connectivity index (χ1v) is 7.45. The van der Waals surface area contributed by atoms with E-state index in [9.17, 15) is 9.90 Å². The Kier molecular flexibility index (Phi) is 3.96. The lowest BCUT2D eigenvalue weighted by Crippen LogP contribution is -2.35. The van der Waals surface area contributed by atoms with Crippen molar-refractivity contribution in [1.82, 2.24) is 10.6 Å². The van der Waals surface area contributed by atoms with E-state index in [1.807, 2.05) is 24.3 Å². The fraction of sp³-hybridized carbons (Fsp3) is 0.533. The van der Waals surface area contributed by atoms with Crippen molar-refractivity contribution in [1.29, 1.82) is 0 Å². The molecule has 1 heterocycles. The predicted molar refractivity (Wildman–Crippen MR) is 77.7 cm³/mol. The second kappa shape index (κ2) is 5.72. The van der Waals surface area contributed by atoms with Crippen LogP contribution in [0.25, 0.3) is 0 Å². The van der Waals surface area contributed by atoms with Crippen LogP contribution in [0, 0.1) is 11.8 Å². The molecule has 1 aromatic carbocycles. The molecule has 1 saturated heterocycles. The van der Waals surface area contributed by atoms with Crippen LogP contribution in [0.4, 0.5) is 0 Å². The minimum Gasteiger partial charge on any atom is -0.391 e. The third kappa shape index (κ3) is 2.82. The van der Waals surface area contributed by atoms with Crippen molar-refractivity contribution in [3.8, 4) is 0 Å². The van der Waals surface area contributed by atoms with Crippen LogP contribution in [0.15, 0.2) is 24.3 Å². The number of carbonyl (C=O) groups is 1. The van der Waals surface area contributed by atoms with Gasteiger partial charge in [-0.05, 0) is 24.0 Å². The van der Waals surface area contributed by atoms with E-state index in [0.717, 1.165) is 23.6 Å². The Balaban J connectivity index is 1.52. The third-order valence-electron chi connectivity index (χ3n) is 4.27. The molecule has 2 fully saturated rings. The Bertz CT molecular complexity index is 508. The summed E-state index contributed by atoms with van der Waals surface area (Å²) >= 11 is 6.16. The molecule has 0 bridgehead atoms. The molecule has 108 valence electrons. The van der Waals surface area contributed by atoms with Crippen molar-refractivity contribution in [2.24, 2.45) is 11.8 Å². The van der Waals surface area contributed by atoms with Crippen molar-refractivity contribution in [2.45, 2.75) is 18.4 Å². The van der Waals surface area contributed by atoms with Crippen LogP contribution in [-0.2, 0) is 4.79 Å². The number of β-amino-alcohol motifs (C(OH)–C–C–N with tert-alkyl or cyclic N) is 1. The number of aliphatic hydroxyl groups excluding tert-OH is 1. The van der Waals surface area contributed by atoms with Crippen molar-refractivity contribution in [3.05, 3.63) is 34.9 Å². The van der Waals surface area contributed by atoms with Crippen LogP contribution in [0.1, 0.15) is 17.9 Å². The van der Waals surface area contributed by atoms with Gasteiger partial charge < -0.3 is 15.7 Å². The normalized spacial score (nSPS) is 32.1. The highest BCUT2D eigenvalue weighted by Crippen LogP contribution is 2.49. The number of aliphatic hydroxyl groups is 1. The number of hydrogen-bond donors (Lipinski definition) is 3. The molecule has 1 aliphatic carbocycles. The Hall–Kier alpha value is -1.10. The lowest BCUT2D eigenvalue weighted by molar-refractivity contribution is -0.122. The van der Waals surface area contributed by atoms with Gasteiger partial charge in [0.1, 0.15) is 0 Å². The standard InChI is InChI=1S/C15H19ClN2O2/c16-13-4-2-1-3-10(13)11-5-12(11)15(20)18-7-9-6-17-8-14(9)19/h1-4,9,11-12,14,17,19H,5-8H2,(H,18,20). The first kappa shape index (κ1) is 13.9. The van der Waals surface area contributed by atoms with E-state index in [-0.39, 0.29) is 29.8 Å². The number of rotatable bonds is 4. The van der Waals surface area contributed by atoms with Gasteiger partial charge in [0.15, 0.2) is 0 Å². The van der Waals surface area contributed by atoms with Crippen molar-refractivity contribution in [3.63, 3.8) is 0 Å². The summed E-state index contributed by atoms with van der Waals surface area (Å²) in [7, 11) is 0. The third-order valence-corrected chi connectivity index (χ3v) is 4.62. The van der Waals surface area contributed by atoms with Gasteiger partial charge in [-0.1, -0.05) is 29.8 Å². The minimum absolute atomic E-state index is 0.0291. The van der Waals surface area contributed by atoms with Crippen LogP contribution in [-0.4, -0.2) is 36.8 Å². The van der Waals surface area contributed by atoms with E-state index in [4.69, 9.17) is 11.6 Å². The topological polar surface area (TPSA) is 61.4 Å². The van der Waals surface area contributed by atoms with E-state index in [1.165, 1.54) is 0 Å². The summed E-state index contributed by atoms with van der Waals surface area (Å²) in [5.74, 6) is 0.474. The zero-order chi connectivity index (χ0) is 14.1. The second-order valence-corrected chi connectivity index (χ2v) is 6.11. The van der Waals surface area contributed by atoms with Crippen LogP contribution in [0.2, 0.25) is 5.02 Å². The monoisotopic (exact) mass is 294 g/mol. The molecule has 4 atom stereocenters. The molecule has 1 saturated carbocycles. The summed E-state index contributed by atoms with van der Waals surface area (Å²) in [5, 5.41) is 16.5. The Morgan fingerprint density at radius 2 is 2.20 bits per heavy atom. The van der Waals surface area contributed by atoms with Crippen molar-refractivity contribution >= 4 is 17.5 Å². The average Bonchev–Trinajstić information content (AvgIpc) is 3.13. The largest absolute Gasteiger partial charge is 0.391 e. The predicted octanol–water partition coefficient (Wildman–Crippen LogP) is 1.14. The SMILES string of the molecule is O=C(NCC1CNCC1O)C1CC1c1ccccc1Cl. The summed E-state index contributed by atoms with van der Waals surface area (Å²) in [6.07, 6.45) is 0.509. The van der Waals surface area contributed by atoms with Gasteiger partial charge in [-0.15, -0.1) is 0 Å². The number of benzene rings is 1. The summed E-state index contributed by atoms with van der Waals surface area (Å²) in [6, 6.07) is 7.71. The molecule has 20 heavy (non-hydrogen) atoms. The van der Waals surface area contributed by atoms with Gasteiger partial charge >= 0.3 is 0 Å². The van der Waals surface area contributed by atoms with Crippen molar-refractivity contribution < 1.29 is 9.90 Å². The van der Waals surface area contributed by atoms with Crippen molar-refractivity contribution in [2.75, 3.05) is 19.6 Å². The summed E-state index contributed by atoms with van der Waals surface area (Å²) in [4.78, 5) is 12.1. The number of nitrogens with one attached hydrogen (secondary N) is 2. The molecule has 1 amide bonds. The summed E-state index contributed by atoms with van der Waals surface area (Å²) in [6.45, 7) is 1.92. The fourth-order valence-corrected chi connectivity index (χ4v) is 3.17. The molecule has 4 nitrogen and oxygen atoms in total. The van der Waals surface area contributed by atoms with Crippen LogP contribution < -0.4 is 10.6 Å². The maximum atomic E-state index is 12.1. The highest BCUT2D eigenvalue weighted by atomic mass is 35.5. The quantitative estimate of drug-likeness (QED) is 0.780. The first-order chi connectivity index (χ1) is 9.66. The molecule has 3 N–H and O–H groups in total. The minimum atomic E-state index is -0.353. The average molecular weight is 295 g/mol. The molecule has 4 unspecified atom stereocenters. The first-order valence-electron chi connectivity index (χ1n) is 7.07. The number of halogens is 1. The van der Waals surface area contributed by atoms with Crippen LogP contribution >= 0.6 is 11.6 Å². The number of amides is 1. The number of carbonyl (C=O) groups excluding carboxylic acids is 1. The van der Waals surface area contributed by atoms with E-state index >= 15 is 0 Å². The molecule has 0 aromatic heterocycles. The summed E-state index contributed by atoms with van der Waals surface area (Å²) in [5.41, 5.74) is 1.07. The van der Waals surface area contributed by atoms with E-state index in [0.29, 0.717) is 13.1 Å². The Morgan fingerprint density at radius 3 is 2.90 bits per heavy atom. The summed E-state index contributed by atoms with van der Waals surface area (Å²) < 4.78 is 0. The van der Waals surface area contributed by atoms with E-state index < -0.39 is 0 Å². The highest BCUT2D eigenvalue weighted by molar-refractivity contribution is 6.31. The molecule has 0 radical (unpaired) electrons. The molecule has 2 aliphatic rings. The van der Waals surface area contributed by atoms with Gasteiger partial charge in [0.05, 0.1) is 6.10 Å². The fourth-order valence-electron chi connectivity index (χ4n) is 2.89. The number of hydrogen-bond acceptors (Lipinski definition) is 3. The molecule has 0 spiro atoms. The lowest BCUT2D eigenvalue weighted by atomic mass is 10.1. The van der Waals surface area contributed by atoms with Gasteiger partial charge in [0.25, 0.3) is 0 Å². The second-order valence-electron chi connectivity index (χ2n) is 5.70. The Morgan fingerprint density at radius 1 is 1.40 bits per heavy atom. The Labute approximate surface area is 123 Å². The molecule has 3 rings (SSSR count). The zero-order valence-electron chi connectivity index (χ0n) is 11.2. The van der Waals surface area contributed by atoms with Gasteiger partial charge in [-0.25, -0.2) is 0 Å².